The lowest BCUT2D eigenvalue weighted by atomic mass is 10.0. The number of ether oxygens (including phenoxy) is 1. The maximum absolute atomic E-state index is 11.3. The molecule has 0 aromatic rings. The Kier molecular flexibility index (Phi) is 2.51. The summed E-state index contributed by atoms with van der Waals surface area (Å²) < 4.78 is 5.51. The first-order chi connectivity index (χ1) is 6.29. The molecule has 4 heteroatoms. The lowest BCUT2D eigenvalue weighted by molar-refractivity contribution is -0.154. The lowest BCUT2D eigenvalue weighted by Gasteiger charge is -2.37. The molecule has 0 aliphatic carbocycles. The molecule has 74 valence electrons. The van der Waals surface area contributed by atoms with E-state index in [1.54, 1.807) is 0 Å². The minimum Gasteiger partial charge on any atom is -0.366 e. The number of hydrogen-bond donors (Lipinski definition) is 1. The second kappa shape index (κ2) is 3.64. The number of nitrogens with zero attached hydrogens (tertiary/aromatic N) is 1. The van der Waals surface area contributed by atoms with Gasteiger partial charge in [0.15, 0.2) is 0 Å². The molecule has 0 radical (unpaired) electrons. The molecule has 0 saturated carbocycles. The predicted molar refractivity (Wildman–Crippen MR) is 48.4 cm³/mol. The molecule has 0 bridgehead atoms. The van der Waals surface area contributed by atoms with Crippen LogP contribution in [0.2, 0.25) is 0 Å². The zero-order valence-corrected chi connectivity index (χ0v) is 7.95. The number of rotatable bonds is 0. The Morgan fingerprint density at radius 3 is 3.08 bits per heavy atom. The van der Waals surface area contributed by atoms with E-state index in [2.05, 4.69) is 5.32 Å². The van der Waals surface area contributed by atoms with Gasteiger partial charge in [-0.1, -0.05) is 0 Å². The lowest BCUT2D eigenvalue weighted by Crippen LogP contribution is -2.52. The van der Waals surface area contributed by atoms with Crippen molar-refractivity contribution in [3.8, 4) is 0 Å². The number of fused-ring (bicyclic) bond motifs is 1. The number of likely N-dealkylation sites (N-methyl/N-ethyl adjacent to an activating group) is 1. The van der Waals surface area contributed by atoms with E-state index in [0.29, 0.717) is 0 Å². The Hall–Kier alpha value is -0.610. The van der Waals surface area contributed by atoms with Crippen LogP contribution in [0.25, 0.3) is 0 Å². The van der Waals surface area contributed by atoms with Gasteiger partial charge in [0.2, 0.25) is 5.91 Å². The van der Waals surface area contributed by atoms with Crippen LogP contribution in [0.4, 0.5) is 0 Å². The second-order valence-electron chi connectivity index (χ2n) is 3.75. The number of carbonyl (C=O) groups excluding carboxylic acids is 1. The van der Waals surface area contributed by atoms with E-state index in [-0.39, 0.29) is 24.7 Å². The molecule has 1 amide bonds. The largest absolute Gasteiger partial charge is 0.366 e. The zero-order valence-electron chi connectivity index (χ0n) is 7.95. The molecular formula is C9H16N2O2. The maximum atomic E-state index is 11.3. The first-order valence-electron chi connectivity index (χ1n) is 4.87. The highest BCUT2D eigenvalue weighted by molar-refractivity contribution is 5.78. The fraction of sp³-hybridized carbons (Fsp3) is 0.889. The summed E-state index contributed by atoms with van der Waals surface area (Å²) in [5.74, 6) is 0.114. The highest BCUT2D eigenvalue weighted by Crippen LogP contribution is 2.20. The molecule has 2 aliphatic heterocycles. The fourth-order valence-electron chi connectivity index (χ4n) is 2.10. The zero-order chi connectivity index (χ0) is 9.26. The number of morpholine rings is 1. The van der Waals surface area contributed by atoms with Crippen molar-refractivity contribution in [2.45, 2.75) is 25.0 Å². The number of nitrogens with one attached hydrogen (secondary N) is 1. The summed E-state index contributed by atoms with van der Waals surface area (Å²) in [5, 5.41) is 3.32. The van der Waals surface area contributed by atoms with E-state index in [9.17, 15) is 4.79 Å². The molecule has 2 atom stereocenters. The van der Waals surface area contributed by atoms with Gasteiger partial charge in [0.05, 0.1) is 12.1 Å². The van der Waals surface area contributed by atoms with Crippen LogP contribution in [-0.4, -0.2) is 49.7 Å². The predicted octanol–water partition coefficient (Wildman–Crippen LogP) is -0.404. The van der Waals surface area contributed by atoms with E-state index in [1.807, 2.05) is 11.9 Å². The molecule has 2 rings (SSSR count). The standard InChI is InChI=1S/C9H16N2O2/c1-11-7-2-4-10-5-3-8(7)13-6-9(11)12/h7-8,10H,2-6H2,1H3/t7-,8-/m0/s1. The number of carbonyl (C=O) groups is 1. The Morgan fingerprint density at radius 1 is 1.46 bits per heavy atom. The summed E-state index contributed by atoms with van der Waals surface area (Å²) in [6.45, 7) is 2.25. The number of amides is 1. The Labute approximate surface area is 78.2 Å². The third-order valence-corrected chi connectivity index (χ3v) is 2.96. The van der Waals surface area contributed by atoms with E-state index < -0.39 is 0 Å². The van der Waals surface area contributed by atoms with Crippen LogP contribution in [0, 0.1) is 0 Å². The summed E-state index contributed by atoms with van der Waals surface area (Å²) in [5.41, 5.74) is 0. The van der Waals surface area contributed by atoms with Gasteiger partial charge in [0.25, 0.3) is 0 Å². The van der Waals surface area contributed by atoms with Crippen LogP contribution in [0.3, 0.4) is 0 Å². The van der Waals surface area contributed by atoms with Crippen LogP contribution in [0.1, 0.15) is 12.8 Å². The van der Waals surface area contributed by atoms with Crippen molar-refractivity contribution in [3.05, 3.63) is 0 Å². The molecule has 2 heterocycles. The first-order valence-corrected chi connectivity index (χ1v) is 4.87. The SMILES string of the molecule is CN1C(=O)CO[C@H]2CCNCC[C@@H]21. The molecule has 0 aromatic carbocycles. The first kappa shape index (κ1) is 8.97. The van der Waals surface area contributed by atoms with Crippen molar-refractivity contribution in [3.63, 3.8) is 0 Å². The van der Waals surface area contributed by atoms with Gasteiger partial charge in [-0.05, 0) is 25.9 Å². The van der Waals surface area contributed by atoms with Crippen LogP contribution in [0.15, 0.2) is 0 Å². The van der Waals surface area contributed by atoms with E-state index >= 15 is 0 Å². The van der Waals surface area contributed by atoms with Gasteiger partial charge in [-0.15, -0.1) is 0 Å². The van der Waals surface area contributed by atoms with Crippen LogP contribution in [-0.2, 0) is 9.53 Å². The molecule has 2 aliphatic rings. The van der Waals surface area contributed by atoms with Gasteiger partial charge in [-0.2, -0.15) is 0 Å². The molecule has 2 fully saturated rings. The second-order valence-corrected chi connectivity index (χ2v) is 3.75. The average Bonchev–Trinajstić information content (AvgIpc) is 2.36. The maximum Gasteiger partial charge on any atom is 0.248 e. The van der Waals surface area contributed by atoms with Gasteiger partial charge in [0.1, 0.15) is 6.61 Å². The minimum absolute atomic E-state index is 0.114. The topological polar surface area (TPSA) is 41.6 Å². The summed E-state index contributed by atoms with van der Waals surface area (Å²) in [4.78, 5) is 13.2. The highest BCUT2D eigenvalue weighted by Gasteiger charge is 2.34. The van der Waals surface area contributed by atoms with Crippen LogP contribution in [0.5, 0.6) is 0 Å². The average molecular weight is 184 g/mol. The molecular weight excluding hydrogens is 168 g/mol. The molecule has 4 nitrogen and oxygen atoms in total. The molecule has 0 unspecified atom stereocenters. The van der Waals surface area contributed by atoms with Crippen molar-refractivity contribution in [2.75, 3.05) is 26.7 Å². The van der Waals surface area contributed by atoms with Gasteiger partial charge < -0.3 is 15.0 Å². The summed E-state index contributed by atoms with van der Waals surface area (Å²) in [6, 6.07) is 0.288. The van der Waals surface area contributed by atoms with Gasteiger partial charge in [0, 0.05) is 7.05 Å². The third-order valence-electron chi connectivity index (χ3n) is 2.96. The summed E-state index contributed by atoms with van der Waals surface area (Å²) in [7, 11) is 1.88. The molecule has 0 spiro atoms. The highest BCUT2D eigenvalue weighted by atomic mass is 16.5. The summed E-state index contributed by atoms with van der Waals surface area (Å²) in [6.07, 6.45) is 2.27. The van der Waals surface area contributed by atoms with E-state index in [0.717, 1.165) is 25.9 Å². The van der Waals surface area contributed by atoms with Crippen molar-refractivity contribution in [1.82, 2.24) is 10.2 Å². The van der Waals surface area contributed by atoms with Crippen molar-refractivity contribution < 1.29 is 9.53 Å². The van der Waals surface area contributed by atoms with Gasteiger partial charge in [-0.25, -0.2) is 0 Å². The van der Waals surface area contributed by atoms with Crippen molar-refractivity contribution >= 4 is 5.91 Å². The monoisotopic (exact) mass is 184 g/mol. The Morgan fingerprint density at radius 2 is 2.23 bits per heavy atom. The quantitative estimate of drug-likeness (QED) is 0.557. The molecule has 2 saturated heterocycles. The van der Waals surface area contributed by atoms with Crippen molar-refractivity contribution in [2.24, 2.45) is 0 Å². The molecule has 1 N–H and O–H groups in total. The van der Waals surface area contributed by atoms with E-state index in [1.165, 1.54) is 0 Å². The van der Waals surface area contributed by atoms with Gasteiger partial charge in [-0.3, -0.25) is 4.79 Å². The van der Waals surface area contributed by atoms with Gasteiger partial charge >= 0.3 is 0 Å². The van der Waals surface area contributed by atoms with E-state index in [4.69, 9.17) is 4.74 Å². The fourth-order valence-corrected chi connectivity index (χ4v) is 2.10. The van der Waals surface area contributed by atoms with Crippen LogP contribution < -0.4 is 5.32 Å². The summed E-state index contributed by atoms with van der Waals surface area (Å²) >= 11 is 0. The molecule has 13 heavy (non-hydrogen) atoms. The van der Waals surface area contributed by atoms with Crippen molar-refractivity contribution in [1.29, 1.82) is 0 Å². The Bertz CT molecular complexity index is 208. The normalized spacial score (nSPS) is 35.5. The number of hydrogen-bond acceptors (Lipinski definition) is 3. The Balaban J connectivity index is 2.08. The molecule has 0 aromatic heterocycles. The smallest absolute Gasteiger partial charge is 0.248 e. The minimum atomic E-state index is 0.114. The third kappa shape index (κ3) is 1.69. The van der Waals surface area contributed by atoms with Crippen LogP contribution >= 0.6 is 0 Å².